The van der Waals surface area contributed by atoms with Gasteiger partial charge >= 0.3 is 0 Å². The fourth-order valence-corrected chi connectivity index (χ4v) is 2.22. The zero-order valence-electron chi connectivity index (χ0n) is 7.72. The van der Waals surface area contributed by atoms with Crippen LogP contribution >= 0.6 is 15.9 Å². The van der Waals surface area contributed by atoms with Crippen molar-refractivity contribution in [3.63, 3.8) is 0 Å². The van der Waals surface area contributed by atoms with Gasteiger partial charge in [0, 0.05) is 26.3 Å². The van der Waals surface area contributed by atoms with Crippen LogP contribution in [0.2, 0.25) is 0 Å². The van der Waals surface area contributed by atoms with E-state index in [-0.39, 0.29) is 5.82 Å². The van der Waals surface area contributed by atoms with E-state index in [2.05, 4.69) is 20.9 Å². The van der Waals surface area contributed by atoms with Gasteiger partial charge in [0.2, 0.25) is 0 Å². The molecule has 0 radical (unpaired) electrons. The lowest BCUT2D eigenvalue weighted by molar-refractivity contribution is 0.629. The van der Waals surface area contributed by atoms with Crippen LogP contribution in [-0.2, 0) is 0 Å². The molecule has 0 atom stereocenters. The molecule has 0 fully saturated rings. The summed E-state index contributed by atoms with van der Waals surface area (Å²) in [5, 5.41) is 2.17. The highest BCUT2D eigenvalue weighted by molar-refractivity contribution is 9.10. The molecule has 2 aromatic carbocycles. The Hall–Kier alpha value is -1.35. The Bertz CT molecular complexity index is 601. The Balaban J connectivity index is 2.51. The minimum atomic E-state index is -0.215. The predicted octanol–water partition coefficient (Wildman–Crippen LogP) is 4.22. The Morgan fingerprint density at radius 2 is 1.60 bits per heavy atom. The number of aromatic amines is 1. The quantitative estimate of drug-likeness (QED) is 0.625. The van der Waals surface area contributed by atoms with Crippen molar-refractivity contribution in [1.82, 2.24) is 4.98 Å². The molecular weight excluding hydrogens is 257 g/mol. The first-order valence-corrected chi connectivity index (χ1v) is 5.40. The third-order valence-electron chi connectivity index (χ3n) is 2.52. The second kappa shape index (κ2) is 3.07. The van der Waals surface area contributed by atoms with Crippen molar-refractivity contribution in [1.29, 1.82) is 0 Å². The molecule has 0 aliphatic heterocycles. The van der Waals surface area contributed by atoms with Gasteiger partial charge in [-0.2, -0.15) is 0 Å². The summed E-state index contributed by atoms with van der Waals surface area (Å²) in [6, 6.07) is 10.8. The Morgan fingerprint density at radius 3 is 2.40 bits per heavy atom. The molecule has 0 spiro atoms. The fraction of sp³-hybridized carbons (Fsp3) is 0. The summed E-state index contributed by atoms with van der Waals surface area (Å²) in [4.78, 5) is 3.19. The third kappa shape index (κ3) is 1.35. The summed E-state index contributed by atoms with van der Waals surface area (Å²) in [7, 11) is 0. The average molecular weight is 264 g/mol. The van der Waals surface area contributed by atoms with E-state index in [0.717, 1.165) is 26.3 Å². The highest BCUT2D eigenvalue weighted by Gasteiger charge is 2.04. The number of benzene rings is 2. The minimum absolute atomic E-state index is 0.215. The molecule has 1 nitrogen and oxygen atoms in total. The van der Waals surface area contributed by atoms with E-state index in [0.29, 0.717) is 0 Å². The predicted molar refractivity (Wildman–Crippen MR) is 63.5 cm³/mol. The topological polar surface area (TPSA) is 15.8 Å². The second-order valence-corrected chi connectivity index (χ2v) is 4.42. The largest absolute Gasteiger partial charge is 0.354 e. The van der Waals surface area contributed by atoms with Crippen molar-refractivity contribution < 1.29 is 4.39 Å². The second-order valence-electron chi connectivity index (χ2n) is 3.50. The van der Waals surface area contributed by atoms with Gasteiger partial charge < -0.3 is 4.98 Å². The molecule has 3 aromatic rings. The van der Waals surface area contributed by atoms with Gasteiger partial charge in [0.1, 0.15) is 5.82 Å². The van der Waals surface area contributed by atoms with Crippen molar-refractivity contribution in [2.75, 3.05) is 0 Å². The lowest BCUT2D eigenvalue weighted by Gasteiger charge is -1.91. The lowest BCUT2D eigenvalue weighted by Crippen LogP contribution is -1.71. The van der Waals surface area contributed by atoms with E-state index in [1.54, 1.807) is 6.07 Å². The summed E-state index contributed by atoms with van der Waals surface area (Å²) in [6.07, 6.45) is 0. The van der Waals surface area contributed by atoms with E-state index < -0.39 is 0 Å². The normalized spacial score (nSPS) is 11.3. The lowest BCUT2D eigenvalue weighted by atomic mass is 10.1. The smallest absolute Gasteiger partial charge is 0.125 e. The highest BCUT2D eigenvalue weighted by Crippen LogP contribution is 2.27. The first-order valence-electron chi connectivity index (χ1n) is 4.60. The van der Waals surface area contributed by atoms with Crippen LogP contribution in [0.1, 0.15) is 0 Å². The summed E-state index contributed by atoms with van der Waals surface area (Å²) >= 11 is 3.41. The molecule has 74 valence electrons. The summed E-state index contributed by atoms with van der Waals surface area (Å²) in [6.45, 7) is 0. The summed E-state index contributed by atoms with van der Waals surface area (Å²) < 4.78 is 14.0. The number of nitrogens with one attached hydrogen (secondary N) is 1. The van der Waals surface area contributed by atoms with E-state index in [9.17, 15) is 4.39 Å². The van der Waals surface area contributed by atoms with Crippen LogP contribution in [0.15, 0.2) is 40.9 Å². The first kappa shape index (κ1) is 8.92. The van der Waals surface area contributed by atoms with Crippen LogP contribution in [0.25, 0.3) is 21.8 Å². The number of aromatic nitrogens is 1. The summed E-state index contributed by atoms with van der Waals surface area (Å²) in [5.41, 5.74) is 1.85. The number of H-pyrrole nitrogens is 1. The molecule has 0 bridgehead atoms. The molecule has 0 saturated carbocycles. The maximum Gasteiger partial charge on any atom is 0.125 e. The molecule has 1 N–H and O–H groups in total. The van der Waals surface area contributed by atoms with Gasteiger partial charge in [0.15, 0.2) is 0 Å². The number of hydrogen-bond donors (Lipinski definition) is 1. The highest BCUT2D eigenvalue weighted by atomic mass is 79.9. The van der Waals surface area contributed by atoms with Crippen LogP contribution in [0.3, 0.4) is 0 Å². The van der Waals surface area contributed by atoms with E-state index in [1.807, 2.05) is 18.2 Å². The van der Waals surface area contributed by atoms with Gasteiger partial charge in [-0.15, -0.1) is 0 Å². The number of halogens is 2. The van der Waals surface area contributed by atoms with Crippen LogP contribution in [0, 0.1) is 5.82 Å². The Morgan fingerprint density at radius 1 is 0.933 bits per heavy atom. The van der Waals surface area contributed by atoms with Gasteiger partial charge in [-0.1, -0.05) is 22.0 Å². The van der Waals surface area contributed by atoms with Crippen molar-refractivity contribution in [3.05, 3.63) is 46.7 Å². The standard InChI is InChI=1S/C12H7BrFN/c13-7-1-3-9-10-4-2-8(14)6-12(10)15-11(9)5-7/h1-6,15H. The van der Waals surface area contributed by atoms with Gasteiger partial charge in [-0.05, 0) is 30.3 Å². The minimum Gasteiger partial charge on any atom is -0.354 e. The van der Waals surface area contributed by atoms with Crippen molar-refractivity contribution in [2.24, 2.45) is 0 Å². The maximum atomic E-state index is 13.0. The van der Waals surface area contributed by atoms with Crippen LogP contribution in [0.5, 0.6) is 0 Å². The zero-order chi connectivity index (χ0) is 10.4. The number of fused-ring (bicyclic) bond motifs is 3. The molecule has 0 saturated heterocycles. The molecular formula is C12H7BrFN. The van der Waals surface area contributed by atoms with Crippen LogP contribution in [0.4, 0.5) is 4.39 Å². The molecule has 1 aromatic heterocycles. The zero-order valence-corrected chi connectivity index (χ0v) is 9.31. The Kier molecular flexibility index (Phi) is 1.83. The van der Waals surface area contributed by atoms with Crippen molar-refractivity contribution in [2.45, 2.75) is 0 Å². The molecule has 0 aliphatic rings. The van der Waals surface area contributed by atoms with Crippen molar-refractivity contribution in [3.8, 4) is 0 Å². The molecule has 1 heterocycles. The molecule has 15 heavy (non-hydrogen) atoms. The SMILES string of the molecule is Fc1ccc2c(c1)[nH]c1cc(Br)ccc12. The average Bonchev–Trinajstić information content (AvgIpc) is 2.53. The molecule has 0 amide bonds. The van der Waals surface area contributed by atoms with Gasteiger partial charge in [0.05, 0.1) is 0 Å². The molecule has 3 heteroatoms. The maximum absolute atomic E-state index is 13.0. The fourth-order valence-electron chi connectivity index (χ4n) is 1.85. The third-order valence-corrected chi connectivity index (χ3v) is 3.02. The Labute approximate surface area is 94.0 Å². The number of rotatable bonds is 0. The van der Waals surface area contributed by atoms with Gasteiger partial charge in [0.25, 0.3) is 0 Å². The molecule has 0 aliphatic carbocycles. The molecule has 0 unspecified atom stereocenters. The van der Waals surface area contributed by atoms with Gasteiger partial charge in [-0.3, -0.25) is 0 Å². The van der Waals surface area contributed by atoms with E-state index >= 15 is 0 Å². The monoisotopic (exact) mass is 263 g/mol. The van der Waals surface area contributed by atoms with E-state index in [4.69, 9.17) is 0 Å². The number of hydrogen-bond acceptors (Lipinski definition) is 0. The van der Waals surface area contributed by atoms with Crippen LogP contribution < -0.4 is 0 Å². The van der Waals surface area contributed by atoms with Gasteiger partial charge in [-0.25, -0.2) is 4.39 Å². The molecule has 3 rings (SSSR count). The summed E-state index contributed by atoms with van der Waals surface area (Å²) in [5.74, 6) is -0.215. The van der Waals surface area contributed by atoms with E-state index in [1.165, 1.54) is 12.1 Å². The van der Waals surface area contributed by atoms with Crippen LogP contribution in [-0.4, -0.2) is 4.98 Å². The van der Waals surface area contributed by atoms with Crippen molar-refractivity contribution >= 4 is 37.7 Å². The first-order chi connectivity index (χ1) is 7.24.